The lowest BCUT2D eigenvalue weighted by molar-refractivity contribution is 0.261. The van der Waals surface area contributed by atoms with Gasteiger partial charge in [0.05, 0.1) is 0 Å². The van der Waals surface area contributed by atoms with Crippen LogP contribution in [-0.2, 0) is 0 Å². The summed E-state index contributed by atoms with van der Waals surface area (Å²) >= 11 is 0. The first-order valence-electron chi connectivity index (χ1n) is 7.76. The van der Waals surface area contributed by atoms with Crippen LogP contribution in [0.1, 0.15) is 64.0 Å². The highest BCUT2D eigenvalue weighted by molar-refractivity contribution is 5.34. The number of hydrogen-bond acceptors (Lipinski definition) is 2. The molecule has 1 saturated carbocycles. The molecule has 0 saturated heterocycles. The predicted molar refractivity (Wildman–Crippen MR) is 80.3 cm³/mol. The third kappa shape index (κ3) is 3.73. The Bertz CT molecular complexity index is 385. The molecular weight excluding hydrogens is 234 g/mol. The van der Waals surface area contributed by atoms with Gasteiger partial charge < -0.3 is 10.4 Å². The van der Waals surface area contributed by atoms with Crippen molar-refractivity contribution < 1.29 is 5.11 Å². The summed E-state index contributed by atoms with van der Waals surface area (Å²) in [5, 5.41) is 13.7. The van der Waals surface area contributed by atoms with Gasteiger partial charge in [0.25, 0.3) is 0 Å². The number of aromatic hydroxyl groups is 1. The molecule has 19 heavy (non-hydrogen) atoms. The van der Waals surface area contributed by atoms with Crippen LogP contribution in [0.25, 0.3) is 0 Å². The van der Waals surface area contributed by atoms with E-state index in [-0.39, 0.29) is 6.04 Å². The number of hydrogen-bond donors (Lipinski definition) is 2. The maximum Gasteiger partial charge on any atom is 0.120 e. The van der Waals surface area contributed by atoms with E-state index in [1.807, 2.05) is 18.2 Å². The van der Waals surface area contributed by atoms with Gasteiger partial charge in [0, 0.05) is 17.6 Å². The van der Waals surface area contributed by atoms with E-state index in [4.69, 9.17) is 0 Å². The molecule has 2 N–H and O–H groups in total. The summed E-state index contributed by atoms with van der Waals surface area (Å²) in [6, 6.07) is 8.50. The van der Waals surface area contributed by atoms with Crippen LogP contribution in [0.4, 0.5) is 0 Å². The van der Waals surface area contributed by atoms with E-state index < -0.39 is 0 Å². The fourth-order valence-electron chi connectivity index (χ4n) is 3.30. The zero-order chi connectivity index (χ0) is 13.7. The van der Waals surface area contributed by atoms with Gasteiger partial charge in [-0.05, 0) is 38.2 Å². The van der Waals surface area contributed by atoms with Crippen molar-refractivity contribution in [2.75, 3.05) is 0 Å². The van der Waals surface area contributed by atoms with Crippen molar-refractivity contribution in [1.82, 2.24) is 5.32 Å². The lowest BCUT2D eigenvalue weighted by atomic mass is 9.84. The monoisotopic (exact) mass is 261 g/mol. The minimum atomic E-state index is 0.262. The van der Waals surface area contributed by atoms with Crippen molar-refractivity contribution in [2.24, 2.45) is 5.92 Å². The number of benzene rings is 1. The van der Waals surface area contributed by atoms with Gasteiger partial charge in [-0.25, -0.2) is 0 Å². The molecule has 0 bridgehead atoms. The molecule has 0 aliphatic heterocycles. The quantitative estimate of drug-likeness (QED) is 0.823. The molecule has 1 fully saturated rings. The molecule has 0 amide bonds. The Morgan fingerprint density at radius 2 is 1.89 bits per heavy atom. The molecule has 0 radical (unpaired) electrons. The van der Waals surface area contributed by atoms with E-state index in [0.717, 1.165) is 17.9 Å². The normalized spacial score (nSPS) is 20.1. The van der Waals surface area contributed by atoms with Crippen LogP contribution < -0.4 is 5.32 Å². The van der Waals surface area contributed by atoms with E-state index in [1.54, 1.807) is 6.07 Å². The van der Waals surface area contributed by atoms with Crippen molar-refractivity contribution in [2.45, 2.75) is 64.5 Å². The molecule has 0 spiro atoms. The summed E-state index contributed by atoms with van der Waals surface area (Å²) in [5.41, 5.74) is 1.03. The number of rotatable bonds is 5. The second-order valence-corrected chi connectivity index (χ2v) is 5.87. The van der Waals surface area contributed by atoms with Crippen LogP contribution in [0.5, 0.6) is 5.75 Å². The predicted octanol–water partition coefficient (Wildman–Crippen LogP) is 4.40. The van der Waals surface area contributed by atoms with E-state index in [1.165, 1.54) is 32.1 Å². The second-order valence-electron chi connectivity index (χ2n) is 5.87. The first-order chi connectivity index (χ1) is 9.22. The first-order valence-corrected chi connectivity index (χ1v) is 7.76. The summed E-state index contributed by atoms with van der Waals surface area (Å²) in [6.45, 7) is 4.48. The highest BCUT2D eigenvalue weighted by Crippen LogP contribution is 2.30. The Morgan fingerprint density at radius 3 is 2.53 bits per heavy atom. The van der Waals surface area contributed by atoms with Crippen LogP contribution in [0.3, 0.4) is 0 Å². The molecule has 1 aliphatic carbocycles. The van der Waals surface area contributed by atoms with Crippen LogP contribution in [0, 0.1) is 5.92 Å². The fraction of sp³-hybridized carbons (Fsp3) is 0.647. The van der Waals surface area contributed by atoms with E-state index in [2.05, 4.69) is 19.2 Å². The SMILES string of the molecule is CCC(N[C@@H](C)C1CCCCC1)c1ccccc1O. The standard InChI is InChI=1S/C17H27NO/c1-3-16(15-11-7-8-12-17(15)19)18-13(2)14-9-5-4-6-10-14/h7-8,11-14,16,18-19H,3-6,9-10H2,1-2H3/t13-,16?/m0/s1. The maximum atomic E-state index is 10.00. The topological polar surface area (TPSA) is 32.3 Å². The molecule has 106 valence electrons. The number of para-hydroxylation sites is 1. The van der Waals surface area contributed by atoms with Gasteiger partial charge in [0.2, 0.25) is 0 Å². The summed E-state index contributed by atoms with van der Waals surface area (Å²) in [4.78, 5) is 0. The zero-order valence-electron chi connectivity index (χ0n) is 12.2. The average Bonchev–Trinajstić information content (AvgIpc) is 2.46. The van der Waals surface area contributed by atoms with Gasteiger partial charge in [-0.1, -0.05) is 44.4 Å². The van der Waals surface area contributed by atoms with Gasteiger partial charge >= 0.3 is 0 Å². The molecular formula is C17H27NO. The van der Waals surface area contributed by atoms with Crippen molar-refractivity contribution in [3.05, 3.63) is 29.8 Å². The Labute approximate surface area is 117 Å². The van der Waals surface area contributed by atoms with E-state index in [9.17, 15) is 5.11 Å². The van der Waals surface area contributed by atoms with Crippen LogP contribution in [0.15, 0.2) is 24.3 Å². The van der Waals surface area contributed by atoms with Gasteiger partial charge in [0.1, 0.15) is 5.75 Å². The van der Waals surface area contributed by atoms with Gasteiger partial charge in [-0.2, -0.15) is 0 Å². The molecule has 0 heterocycles. The largest absolute Gasteiger partial charge is 0.508 e. The number of nitrogens with one attached hydrogen (secondary N) is 1. The highest BCUT2D eigenvalue weighted by Gasteiger charge is 2.23. The minimum Gasteiger partial charge on any atom is -0.508 e. The Hall–Kier alpha value is -1.02. The number of phenolic OH excluding ortho intramolecular Hbond substituents is 1. The molecule has 1 aromatic rings. The third-order valence-corrected chi connectivity index (χ3v) is 4.54. The van der Waals surface area contributed by atoms with Gasteiger partial charge in [0.15, 0.2) is 0 Å². The molecule has 2 rings (SSSR count). The molecule has 2 atom stereocenters. The molecule has 2 nitrogen and oxygen atoms in total. The summed E-state index contributed by atoms with van der Waals surface area (Å²) < 4.78 is 0. The van der Waals surface area contributed by atoms with Crippen molar-refractivity contribution in [3.8, 4) is 5.75 Å². The Kier molecular flexibility index (Phi) is 5.26. The lowest BCUT2D eigenvalue weighted by Gasteiger charge is -2.32. The van der Waals surface area contributed by atoms with E-state index >= 15 is 0 Å². The number of phenols is 1. The van der Waals surface area contributed by atoms with Gasteiger partial charge in [-0.15, -0.1) is 0 Å². The average molecular weight is 261 g/mol. The second kappa shape index (κ2) is 6.95. The van der Waals surface area contributed by atoms with Crippen molar-refractivity contribution >= 4 is 0 Å². The van der Waals surface area contributed by atoms with Crippen LogP contribution >= 0.6 is 0 Å². The highest BCUT2D eigenvalue weighted by atomic mass is 16.3. The Balaban J connectivity index is 2.00. The van der Waals surface area contributed by atoms with E-state index in [0.29, 0.717) is 11.8 Å². The molecule has 1 unspecified atom stereocenters. The Morgan fingerprint density at radius 1 is 1.21 bits per heavy atom. The fourth-order valence-corrected chi connectivity index (χ4v) is 3.30. The lowest BCUT2D eigenvalue weighted by Crippen LogP contribution is -2.37. The smallest absolute Gasteiger partial charge is 0.120 e. The summed E-state index contributed by atoms with van der Waals surface area (Å²) in [5.74, 6) is 1.21. The van der Waals surface area contributed by atoms with Crippen molar-refractivity contribution in [3.63, 3.8) is 0 Å². The summed E-state index contributed by atoms with van der Waals surface area (Å²) in [7, 11) is 0. The maximum absolute atomic E-state index is 10.00. The van der Waals surface area contributed by atoms with Crippen molar-refractivity contribution in [1.29, 1.82) is 0 Å². The summed E-state index contributed by atoms with van der Waals surface area (Å²) in [6.07, 6.45) is 7.87. The molecule has 1 aromatic carbocycles. The van der Waals surface area contributed by atoms with Crippen LogP contribution in [-0.4, -0.2) is 11.1 Å². The molecule has 2 heteroatoms. The molecule has 0 aromatic heterocycles. The van der Waals surface area contributed by atoms with Crippen LogP contribution in [0.2, 0.25) is 0 Å². The zero-order valence-corrected chi connectivity index (χ0v) is 12.2. The third-order valence-electron chi connectivity index (χ3n) is 4.54. The molecule has 1 aliphatic rings. The van der Waals surface area contributed by atoms with Gasteiger partial charge in [-0.3, -0.25) is 0 Å². The minimum absolute atomic E-state index is 0.262. The first kappa shape index (κ1) is 14.4.